The Morgan fingerprint density at radius 2 is 2.24 bits per heavy atom. The SMILES string of the molecule is COc1cnccc1C(C)NC(=O)N1CCCCC1c1ccc(C)o1. The molecule has 6 heteroatoms. The maximum Gasteiger partial charge on any atom is 0.318 e. The van der Waals surface area contributed by atoms with E-state index in [2.05, 4.69) is 10.3 Å². The standard InChI is InChI=1S/C19H25N3O3/c1-13-7-8-17(25-13)16-6-4-5-11-22(16)19(23)21-14(2)15-9-10-20-12-18(15)24-3/h7-10,12,14,16H,4-6,11H2,1-3H3,(H,21,23). The van der Waals surface area contributed by atoms with E-state index in [9.17, 15) is 4.79 Å². The molecule has 1 fully saturated rings. The Hall–Kier alpha value is -2.50. The van der Waals surface area contributed by atoms with Gasteiger partial charge in [-0.25, -0.2) is 4.79 Å². The predicted molar refractivity (Wildman–Crippen MR) is 94.5 cm³/mol. The summed E-state index contributed by atoms with van der Waals surface area (Å²) in [5.41, 5.74) is 0.910. The highest BCUT2D eigenvalue weighted by atomic mass is 16.5. The van der Waals surface area contributed by atoms with Crippen molar-refractivity contribution >= 4 is 6.03 Å². The van der Waals surface area contributed by atoms with E-state index in [1.54, 1.807) is 19.5 Å². The summed E-state index contributed by atoms with van der Waals surface area (Å²) in [4.78, 5) is 18.8. The number of methoxy groups -OCH3 is 1. The van der Waals surface area contributed by atoms with Gasteiger partial charge in [0.2, 0.25) is 0 Å². The number of piperidine rings is 1. The number of pyridine rings is 1. The summed E-state index contributed by atoms with van der Waals surface area (Å²) in [5.74, 6) is 2.41. The third-order valence-electron chi connectivity index (χ3n) is 4.70. The number of ether oxygens (including phenoxy) is 1. The van der Waals surface area contributed by atoms with Crippen molar-refractivity contribution in [1.29, 1.82) is 0 Å². The normalized spacial score (nSPS) is 18.7. The molecule has 6 nitrogen and oxygen atoms in total. The molecule has 0 aliphatic carbocycles. The smallest absolute Gasteiger partial charge is 0.318 e. The number of likely N-dealkylation sites (tertiary alicyclic amines) is 1. The van der Waals surface area contributed by atoms with Gasteiger partial charge < -0.3 is 19.4 Å². The van der Waals surface area contributed by atoms with Gasteiger partial charge in [0.05, 0.1) is 25.4 Å². The van der Waals surface area contributed by atoms with Crippen LogP contribution in [0.1, 0.15) is 55.4 Å². The van der Waals surface area contributed by atoms with Crippen molar-refractivity contribution in [3.63, 3.8) is 0 Å². The highest BCUT2D eigenvalue weighted by molar-refractivity contribution is 5.75. The lowest BCUT2D eigenvalue weighted by Crippen LogP contribution is -2.45. The van der Waals surface area contributed by atoms with Crippen LogP contribution < -0.4 is 10.1 Å². The van der Waals surface area contributed by atoms with E-state index in [1.165, 1.54) is 0 Å². The Labute approximate surface area is 148 Å². The summed E-state index contributed by atoms with van der Waals surface area (Å²) in [6.07, 6.45) is 6.40. The van der Waals surface area contributed by atoms with Gasteiger partial charge in [-0.3, -0.25) is 4.98 Å². The van der Waals surface area contributed by atoms with E-state index in [-0.39, 0.29) is 18.1 Å². The molecule has 0 spiro atoms. The van der Waals surface area contributed by atoms with Gasteiger partial charge >= 0.3 is 6.03 Å². The molecule has 134 valence electrons. The third-order valence-corrected chi connectivity index (χ3v) is 4.70. The van der Waals surface area contributed by atoms with Gasteiger partial charge in [0, 0.05) is 18.3 Å². The van der Waals surface area contributed by atoms with E-state index in [0.29, 0.717) is 5.75 Å². The van der Waals surface area contributed by atoms with Gasteiger partial charge in [0.15, 0.2) is 0 Å². The van der Waals surface area contributed by atoms with Crippen molar-refractivity contribution in [2.45, 2.75) is 45.2 Å². The molecule has 1 saturated heterocycles. The number of urea groups is 1. The first-order chi connectivity index (χ1) is 12.1. The predicted octanol–water partition coefficient (Wildman–Crippen LogP) is 3.99. The molecule has 1 aliphatic rings. The van der Waals surface area contributed by atoms with Crippen LogP contribution in [0.3, 0.4) is 0 Å². The number of aryl methyl sites for hydroxylation is 1. The molecule has 0 radical (unpaired) electrons. The second-order valence-corrected chi connectivity index (χ2v) is 6.44. The Morgan fingerprint density at radius 1 is 1.40 bits per heavy atom. The number of carbonyl (C=O) groups is 1. The minimum atomic E-state index is -0.175. The average molecular weight is 343 g/mol. The summed E-state index contributed by atoms with van der Waals surface area (Å²) >= 11 is 0. The number of furan rings is 1. The number of amides is 2. The van der Waals surface area contributed by atoms with Crippen LogP contribution in [0.4, 0.5) is 4.79 Å². The third kappa shape index (κ3) is 3.78. The molecule has 0 aromatic carbocycles. The lowest BCUT2D eigenvalue weighted by atomic mass is 10.0. The van der Waals surface area contributed by atoms with Crippen LogP contribution in [-0.4, -0.2) is 29.6 Å². The molecule has 2 amide bonds. The van der Waals surface area contributed by atoms with Crippen LogP contribution in [0.5, 0.6) is 5.75 Å². The minimum absolute atomic E-state index is 0.00557. The van der Waals surface area contributed by atoms with Crippen LogP contribution in [0.2, 0.25) is 0 Å². The highest BCUT2D eigenvalue weighted by Crippen LogP contribution is 2.32. The van der Waals surface area contributed by atoms with E-state index >= 15 is 0 Å². The maximum atomic E-state index is 12.9. The molecule has 0 bridgehead atoms. The molecule has 3 rings (SSSR count). The first-order valence-electron chi connectivity index (χ1n) is 8.71. The van der Waals surface area contributed by atoms with Crippen molar-refractivity contribution in [2.24, 2.45) is 0 Å². The summed E-state index contributed by atoms with van der Waals surface area (Å²) in [5, 5.41) is 3.08. The monoisotopic (exact) mass is 343 g/mol. The highest BCUT2D eigenvalue weighted by Gasteiger charge is 2.31. The molecule has 1 N–H and O–H groups in total. The quantitative estimate of drug-likeness (QED) is 0.911. The molecule has 25 heavy (non-hydrogen) atoms. The molecule has 2 atom stereocenters. The van der Waals surface area contributed by atoms with Crippen molar-refractivity contribution < 1.29 is 13.9 Å². The number of aromatic nitrogens is 1. The van der Waals surface area contributed by atoms with Crippen molar-refractivity contribution in [3.05, 3.63) is 47.7 Å². The second-order valence-electron chi connectivity index (χ2n) is 6.44. The average Bonchev–Trinajstić information content (AvgIpc) is 3.07. The van der Waals surface area contributed by atoms with E-state index in [1.807, 2.05) is 36.9 Å². The van der Waals surface area contributed by atoms with E-state index in [4.69, 9.17) is 9.15 Å². The van der Waals surface area contributed by atoms with Gasteiger partial charge in [0.1, 0.15) is 17.3 Å². The zero-order valence-corrected chi connectivity index (χ0v) is 15.0. The van der Waals surface area contributed by atoms with E-state index < -0.39 is 0 Å². The number of carbonyl (C=O) groups excluding carboxylic acids is 1. The van der Waals surface area contributed by atoms with Gasteiger partial charge in [-0.2, -0.15) is 0 Å². The van der Waals surface area contributed by atoms with Crippen LogP contribution in [-0.2, 0) is 0 Å². The molecule has 2 aromatic rings. The Balaban J connectivity index is 1.74. The molecule has 2 aromatic heterocycles. The molecular formula is C19H25N3O3. The maximum absolute atomic E-state index is 12.9. The lowest BCUT2D eigenvalue weighted by Gasteiger charge is -2.35. The fourth-order valence-corrected chi connectivity index (χ4v) is 3.37. The van der Waals surface area contributed by atoms with Crippen LogP contribution in [0.25, 0.3) is 0 Å². The van der Waals surface area contributed by atoms with Crippen molar-refractivity contribution in [2.75, 3.05) is 13.7 Å². The Kier molecular flexibility index (Phi) is 5.26. The number of hydrogen-bond acceptors (Lipinski definition) is 4. The zero-order chi connectivity index (χ0) is 17.8. The number of hydrogen-bond donors (Lipinski definition) is 1. The number of rotatable bonds is 4. The summed E-state index contributed by atoms with van der Waals surface area (Å²) in [6.45, 7) is 4.61. The molecular weight excluding hydrogens is 318 g/mol. The minimum Gasteiger partial charge on any atom is -0.495 e. The molecule has 0 saturated carbocycles. The van der Waals surface area contributed by atoms with Gasteiger partial charge in [0.25, 0.3) is 0 Å². The van der Waals surface area contributed by atoms with Gasteiger partial charge in [-0.1, -0.05) is 0 Å². The zero-order valence-electron chi connectivity index (χ0n) is 15.0. The first-order valence-corrected chi connectivity index (χ1v) is 8.71. The molecule has 2 unspecified atom stereocenters. The largest absolute Gasteiger partial charge is 0.495 e. The Bertz CT molecular complexity index is 728. The van der Waals surface area contributed by atoms with Gasteiger partial charge in [-0.05, 0) is 51.3 Å². The lowest BCUT2D eigenvalue weighted by molar-refractivity contribution is 0.137. The van der Waals surface area contributed by atoms with Crippen molar-refractivity contribution in [1.82, 2.24) is 15.2 Å². The fourth-order valence-electron chi connectivity index (χ4n) is 3.37. The van der Waals surface area contributed by atoms with Crippen molar-refractivity contribution in [3.8, 4) is 5.75 Å². The summed E-state index contributed by atoms with van der Waals surface area (Å²) < 4.78 is 11.1. The number of nitrogens with zero attached hydrogens (tertiary/aromatic N) is 2. The summed E-state index contributed by atoms with van der Waals surface area (Å²) in [7, 11) is 1.61. The van der Waals surface area contributed by atoms with Crippen LogP contribution >= 0.6 is 0 Å². The number of nitrogens with one attached hydrogen (secondary N) is 1. The topological polar surface area (TPSA) is 67.6 Å². The van der Waals surface area contributed by atoms with Crippen LogP contribution in [0.15, 0.2) is 35.0 Å². The second kappa shape index (κ2) is 7.59. The van der Waals surface area contributed by atoms with E-state index in [0.717, 1.165) is 42.9 Å². The first kappa shape index (κ1) is 17.3. The summed E-state index contributed by atoms with van der Waals surface area (Å²) in [6, 6.07) is 5.53. The molecule has 1 aliphatic heterocycles. The Morgan fingerprint density at radius 3 is 2.96 bits per heavy atom. The van der Waals surface area contributed by atoms with Crippen LogP contribution in [0, 0.1) is 6.92 Å². The molecule has 3 heterocycles. The van der Waals surface area contributed by atoms with Gasteiger partial charge in [-0.15, -0.1) is 0 Å². The fraction of sp³-hybridized carbons (Fsp3) is 0.474.